The van der Waals surface area contributed by atoms with Crippen molar-refractivity contribution in [2.24, 2.45) is 0 Å². The average molecular weight is 389 g/mol. The molecule has 0 bridgehead atoms. The molecule has 1 unspecified atom stereocenters. The summed E-state index contributed by atoms with van der Waals surface area (Å²) in [5.41, 5.74) is 1.98. The number of aliphatic hydroxyl groups is 3. The fourth-order valence-corrected chi connectivity index (χ4v) is 3.12. The number of nitrogens with zero attached hydrogens (tertiary/aromatic N) is 2. The lowest BCUT2D eigenvalue weighted by Gasteiger charge is -2.40. The second kappa shape index (κ2) is 9.17. The zero-order chi connectivity index (χ0) is 21.0. The Morgan fingerprint density at radius 3 is 2.32 bits per heavy atom. The molecule has 152 valence electrons. The third kappa shape index (κ3) is 4.51. The number of hydrogen-bond acceptors (Lipinski definition) is 7. The first-order valence-corrected chi connectivity index (χ1v) is 9.10. The number of anilines is 1. The van der Waals surface area contributed by atoms with Gasteiger partial charge in [0, 0.05) is 19.8 Å². The van der Waals surface area contributed by atoms with Crippen LogP contribution in [-0.2, 0) is 9.53 Å². The highest BCUT2D eigenvalue weighted by molar-refractivity contribution is 6.04. The number of hydrogen-bond donors (Lipinski definition) is 4. The number of amides is 1. The van der Waals surface area contributed by atoms with Crippen LogP contribution < -0.4 is 10.2 Å². The molecule has 8 heteroatoms. The van der Waals surface area contributed by atoms with E-state index < -0.39 is 36.6 Å². The van der Waals surface area contributed by atoms with E-state index in [-0.39, 0.29) is 5.57 Å². The lowest BCUT2D eigenvalue weighted by molar-refractivity contribution is -0.247. The number of aliphatic hydroxyl groups excluding tert-OH is 3. The van der Waals surface area contributed by atoms with Crippen LogP contribution >= 0.6 is 0 Å². The zero-order valence-corrected chi connectivity index (χ0v) is 16.5. The topological polar surface area (TPSA) is 126 Å². The maximum Gasteiger partial charge on any atom is 0.262 e. The average Bonchev–Trinajstić information content (AvgIpc) is 2.68. The summed E-state index contributed by atoms with van der Waals surface area (Å²) in [5, 5.41) is 42.3. The molecule has 1 saturated heterocycles. The van der Waals surface area contributed by atoms with E-state index in [1.165, 1.54) is 0 Å². The van der Waals surface area contributed by atoms with Gasteiger partial charge in [0.1, 0.15) is 29.9 Å². The Morgan fingerprint density at radius 1 is 1.21 bits per heavy atom. The van der Waals surface area contributed by atoms with E-state index in [0.717, 1.165) is 5.69 Å². The molecule has 28 heavy (non-hydrogen) atoms. The van der Waals surface area contributed by atoms with Crippen molar-refractivity contribution in [1.29, 1.82) is 5.26 Å². The summed E-state index contributed by atoms with van der Waals surface area (Å²) in [6.45, 7) is 3.39. The highest BCUT2D eigenvalue weighted by Gasteiger charge is 2.44. The highest BCUT2D eigenvalue weighted by Crippen LogP contribution is 2.24. The third-order valence-corrected chi connectivity index (χ3v) is 4.95. The summed E-state index contributed by atoms with van der Waals surface area (Å²) in [6, 6.07) is 7.97. The van der Waals surface area contributed by atoms with Gasteiger partial charge in [0.25, 0.3) is 5.91 Å². The number of nitriles is 1. The molecule has 1 aromatic carbocycles. The number of carbonyl (C=O) groups is 1. The number of benzene rings is 1. The fraction of sp³-hybridized carbons (Fsp3) is 0.500. The van der Waals surface area contributed by atoms with Crippen LogP contribution in [0.25, 0.3) is 5.57 Å². The van der Waals surface area contributed by atoms with Gasteiger partial charge in [-0.1, -0.05) is 19.1 Å². The summed E-state index contributed by atoms with van der Waals surface area (Å²) in [7, 11) is 3.82. The molecule has 0 radical (unpaired) electrons. The van der Waals surface area contributed by atoms with Crippen molar-refractivity contribution in [2.75, 3.05) is 19.0 Å². The second-order valence-corrected chi connectivity index (χ2v) is 7.01. The summed E-state index contributed by atoms with van der Waals surface area (Å²) >= 11 is 0. The Hall–Kier alpha value is -2.44. The molecule has 1 aromatic rings. The van der Waals surface area contributed by atoms with Crippen molar-refractivity contribution in [1.82, 2.24) is 5.32 Å². The minimum absolute atomic E-state index is 0.149. The summed E-state index contributed by atoms with van der Waals surface area (Å²) < 4.78 is 5.25. The van der Waals surface area contributed by atoms with Gasteiger partial charge in [0.15, 0.2) is 6.29 Å². The van der Waals surface area contributed by atoms with Crippen LogP contribution in [0.15, 0.2) is 29.8 Å². The number of allylic oxidation sites excluding steroid dienone is 1. The van der Waals surface area contributed by atoms with Gasteiger partial charge in [-0.15, -0.1) is 0 Å². The third-order valence-electron chi connectivity index (χ3n) is 4.95. The van der Waals surface area contributed by atoms with E-state index in [2.05, 4.69) is 5.32 Å². The SMILES string of the molecule is CC[C@H]1OC(O)[C@H](NC(=O)/C(C#N)=C(\C)c2ccc(N(C)C)cc2)[C@@H](O)[C@@H]1O. The van der Waals surface area contributed by atoms with Crippen LogP contribution in [0.5, 0.6) is 0 Å². The minimum atomic E-state index is -1.49. The molecule has 0 aliphatic carbocycles. The number of carbonyl (C=O) groups excluding carboxylic acids is 1. The Morgan fingerprint density at radius 2 is 1.82 bits per heavy atom. The predicted octanol–water partition coefficient (Wildman–Crippen LogP) is 0.383. The van der Waals surface area contributed by atoms with Gasteiger partial charge in [-0.05, 0) is 36.6 Å². The summed E-state index contributed by atoms with van der Waals surface area (Å²) in [6.07, 6.45) is -4.51. The molecule has 5 atom stereocenters. The van der Waals surface area contributed by atoms with Gasteiger partial charge >= 0.3 is 0 Å². The highest BCUT2D eigenvalue weighted by atomic mass is 16.6. The molecule has 0 aromatic heterocycles. The van der Waals surface area contributed by atoms with Crippen molar-refractivity contribution in [3.05, 3.63) is 35.4 Å². The van der Waals surface area contributed by atoms with E-state index in [1.807, 2.05) is 37.2 Å². The molecule has 1 fully saturated rings. The van der Waals surface area contributed by atoms with E-state index in [4.69, 9.17) is 4.74 Å². The fourth-order valence-electron chi connectivity index (χ4n) is 3.12. The largest absolute Gasteiger partial charge is 0.388 e. The molecule has 4 N–H and O–H groups in total. The monoisotopic (exact) mass is 389 g/mol. The van der Waals surface area contributed by atoms with Crippen LogP contribution in [0, 0.1) is 11.3 Å². The Bertz CT molecular complexity index is 769. The van der Waals surface area contributed by atoms with Crippen molar-refractivity contribution in [2.45, 2.75) is 50.9 Å². The maximum atomic E-state index is 12.6. The van der Waals surface area contributed by atoms with Crippen LogP contribution in [0.3, 0.4) is 0 Å². The van der Waals surface area contributed by atoms with E-state index in [0.29, 0.717) is 17.6 Å². The molecule has 8 nitrogen and oxygen atoms in total. The van der Waals surface area contributed by atoms with Crippen LogP contribution in [0.2, 0.25) is 0 Å². The first-order chi connectivity index (χ1) is 13.2. The molecule has 1 aliphatic heterocycles. The maximum absolute atomic E-state index is 12.6. The Balaban J connectivity index is 2.23. The zero-order valence-electron chi connectivity index (χ0n) is 16.5. The van der Waals surface area contributed by atoms with Gasteiger partial charge in [-0.3, -0.25) is 4.79 Å². The molecule has 0 saturated carbocycles. The van der Waals surface area contributed by atoms with Crippen LogP contribution in [0.1, 0.15) is 25.8 Å². The van der Waals surface area contributed by atoms with Crippen molar-refractivity contribution in [3.8, 4) is 6.07 Å². The normalized spacial score (nSPS) is 28.1. The first-order valence-electron chi connectivity index (χ1n) is 9.10. The van der Waals surface area contributed by atoms with E-state index in [9.17, 15) is 25.4 Å². The summed E-state index contributed by atoms with van der Waals surface area (Å²) in [5.74, 6) is -0.759. The lowest BCUT2D eigenvalue weighted by atomic mass is 9.94. The first kappa shape index (κ1) is 21.9. The van der Waals surface area contributed by atoms with Crippen molar-refractivity contribution in [3.63, 3.8) is 0 Å². The van der Waals surface area contributed by atoms with Gasteiger partial charge in [-0.2, -0.15) is 5.26 Å². The lowest BCUT2D eigenvalue weighted by Crippen LogP contribution is -2.63. The smallest absolute Gasteiger partial charge is 0.262 e. The van der Waals surface area contributed by atoms with Gasteiger partial charge in [0.05, 0.1) is 6.10 Å². The minimum Gasteiger partial charge on any atom is -0.388 e. The summed E-state index contributed by atoms with van der Waals surface area (Å²) in [4.78, 5) is 14.6. The predicted molar refractivity (Wildman–Crippen MR) is 104 cm³/mol. The van der Waals surface area contributed by atoms with Gasteiger partial charge < -0.3 is 30.3 Å². The molecule has 1 aliphatic rings. The van der Waals surface area contributed by atoms with Crippen LogP contribution in [0.4, 0.5) is 5.69 Å². The van der Waals surface area contributed by atoms with Crippen molar-refractivity contribution >= 4 is 17.2 Å². The number of ether oxygens (including phenoxy) is 1. The molecular weight excluding hydrogens is 362 g/mol. The second-order valence-electron chi connectivity index (χ2n) is 7.01. The Labute approximate surface area is 164 Å². The molecule has 1 amide bonds. The standard InChI is InChI=1S/C20H27N3O5/c1-5-15-17(24)18(25)16(20(27)28-15)22-19(26)14(10-21)11(2)12-6-8-13(9-7-12)23(3)4/h6-9,15-18,20,24-25,27H,5H2,1-4H3,(H,22,26)/b14-11+/t15-,16-,17-,18-,20?/m1/s1. The van der Waals surface area contributed by atoms with E-state index in [1.54, 1.807) is 26.0 Å². The molecular formula is C20H27N3O5. The van der Waals surface area contributed by atoms with Crippen LogP contribution in [-0.4, -0.2) is 66.0 Å². The molecule has 1 heterocycles. The number of nitrogens with one attached hydrogen (secondary N) is 1. The quantitative estimate of drug-likeness (QED) is 0.424. The number of rotatable bonds is 5. The van der Waals surface area contributed by atoms with Gasteiger partial charge in [-0.25, -0.2) is 0 Å². The van der Waals surface area contributed by atoms with E-state index >= 15 is 0 Å². The Kier molecular flexibility index (Phi) is 7.16. The molecule has 0 spiro atoms. The molecule has 2 rings (SSSR count). The van der Waals surface area contributed by atoms with Gasteiger partial charge in [0.2, 0.25) is 0 Å². The van der Waals surface area contributed by atoms with Crippen molar-refractivity contribution < 1.29 is 24.9 Å².